The minimum Gasteiger partial charge on any atom is -0.389 e. The number of benzene rings is 1. The van der Waals surface area contributed by atoms with Crippen LogP contribution in [0, 0.1) is 5.92 Å². The van der Waals surface area contributed by atoms with Crippen molar-refractivity contribution in [2.24, 2.45) is 5.92 Å². The second-order valence-electron chi connectivity index (χ2n) is 3.39. The van der Waals surface area contributed by atoms with Crippen LogP contribution >= 0.6 is 0 Å². The SMILES string of the molecule is C=CC(O)[C@H](C)Cc1ccccc1. The molecule has 0 amide bonds. The Morgan fingerprint density at radius 3 is 2.54 bits per heavy atom. The summed E-state index contributed by atoms with van der Waals surface area (Å²) >= 11 is 0. The second-order valence-corrected chi connectivity index (χ2v) is 3.39. The van der Waals surface area contributed by atoms with E-state index in [1.807, 2.05) is 25.1 Å². The molecule has 0 saturated heterocycles. The predicted molar refractivity (Wildman–Crippen MR) is 55.5 cm³/mol. The van der Waals surface area contributed by atoms with Crippen LogP contribution in [0.25, 0.3) is 0 Å². The summed E-state index contributed by atoms with van der Waals surface area (Å²) in [5.41, 5.74) is 1.26. The molecule has 0 fully saturated rings. The highest BCUT2D eigenvalue weighted by molar-refractivity contribution is 5.15. The summed E-state index contributed by atoms with van der Waals surface area (Å²) < 4.78 is 0. The molecular weight excluding hydrogens is 160 g/mol. The summed E-state index contributed by atoms with van der Waals surface area (Å²) in [7, 11) is 0. The molecule has 0 saturated carbocycles. The molecule has 0 bridgehead atoms. The van der Waals surface area contributed by atoms with E-state index in [1.165, 1.54) is 5.56 Å². The van der Waals surface area contributed by atoms with Crippen molar-refractivity contribution in [3.05, 3.63) is 48.6 Å². The summed E-state index contributed by atoms with van der Waals surface area (Å²) in [5.74, 6) is 0.236. The fourth-order valence-electron chi connectivity index (χ4n) is 1.34. The van der Waals surface area contributed by atoms with Crippen molar-refractivity contribution >= 4 is 0 Å². The van der Waals surface area contributed by atoms with Crippen LogP contribution in [0.15, 0.2) is 43.0 Å². The Bertz CT molecular complexity index is 253. The van der Waals surface area contributed by atoms with Gasteiger partial charge in [-0.15, -0.1) is 6.58 Å². The van der Waals surface area contributed by atoms with Crippen LogP contribution in [-0.2, 0) is 6.42 Å². The minimum absolute atomic E-state index is 0.236. The maximum atomic E-state index is 9.47. The standard InChI is InChI=1S/C12H16O/c1-3-12(13)10(2)9-11-7-5-4-6-8-11/h3-8,10,12-13H,1,9H2,2H3/t10-,12?/m1/s1. The Kier molecular flexibility index (Phi) is 3.71. The largest absolute Gasteiger partial charge is 0.389 e. The van der Waals surface area contributed by atoms with E-state index in [-0.39, 0.29) is 5.92 Å². The van der Waals surface area contributed by atoms with E-state index in [1.54, 1.807) is 6.08 Å². The summed E-state index contributed by atoms with van der Waals surface area (Å²) in [5, 5.41) is 9.47. The second kappa shape index (κ2) is 4.83. The zero-order chi connectivity index (χ0) is 9.68. The molecule has 0 radical (unpaired) electrons. The molecule has 1 N–H and O–H groups in total. The first-order valence-corrected chi connectivity index (χ1v) is 4.58. The number of hydrogen-bond donors (Lipinski definition) is 1. The van der Waals surface area contributed by atoms with Gasteiger partial charge >= 0.3 is 0 Å². The van der Waals surface area contributed by atoms with Gasteiger partial charge in [0, 0.05) is 0 Å². The van der Waals surface area contributed by atoms with Crippen molar-refractivity contribution in [3.63, 3.8) is 0 Å². The molecule has 1 aromatic carbocycles. The van der Waals surface area contributed by atoms with Crippen LogP contribution in [0.4, 0.5) is 0 Å². The van der Waals surface area contributed by atoms with E-state index in [2.05, 4.69) is 18.7 Å². The molecule has 13 heavy (non-hydrogen) atoms. The molecule has 2 atom stereocenters. The molecule has 70 valence electrons. The van der Waals surface area contributed by atoms with Gasteiger partial charge in [-0.25, -0.2) is 0 Å². The average Bonchev–Trinajstić information content (AvgIpc) is 2.18. The van der Waals surface area contributed by atoms with Crippen LogP contribution < -0.4 is 0 Å². The quantitative estimate of drug-likeness (QED) is 0.698. The van der Waals surface area contributed by atoms with Crippen LogP contribution in [0.2, 0.25) is 0 Å². The molecular formula is C12H16O. The van der Waals surface area contributed by atoms with Gasteiger partial charge in [0.1, 0.15) is 0 Å². The minimum atomic E-state index is -0.403. The van der Waals surface area contributed by atoms with Gasteiger partial charge in [0.25, 0.3) is 0 Å². The molecule has 0 heterocycles. The molecule has 0 spiro atoms. The summed E-state index contributed by atoms with van der Waals surface area (Å²) in [6.45, 7) is 5.60. The topological polar surface area (TPSA) is 20.2 Å². The van der Waals surface area contributed by atoms with Crippen LogP contribution in [0.1, 0.15) is 12.5 Å². The van der Waals surface area contributed by atoms with E-state index in [0.717, 1.165) is 6.42 Å². The van der Waals surface area contributed by atoms with Gasteiger partial charge in [-0.05, 0) is 17.9 Å². The predicted octanol–water partition coefficient (Wildman–Crippen LogP) is 2.41. The maximum Gasteiger partial charge on any atom is 0.0746 e. The molecule has 1 heteroatoms. The molecule has 1 unspecified atom stereocenters. The van der Waals surface area contributed by atoms with Crippen molar-refractivity contribution in [2.75, 3.05) is 0 Å². The van der Waals surface area contributed by atoms with Gasteiger partial charge < -0.3 is 5.11 Å². The number of rotatable bonds is 4. The average molecular weight is 176 g/mol. The van der Waals surface area contributed by atoms with Crippen molar-refractivity contribution in [1.29, 1.82) is 0 Å². The van der Waals surface area contributed by atoms with Gasteiger partial charge in [-0.3, -0.25) is 0 Å². The Balaban J connectivity index is 2.54. The van der Waals surface area contributed by atoms with Gasteiger partial charge in [0.15, 0.2) is 0 Å². The number of aliphatic hydroxyl groups excluding tert-OH is 1. The van der Waals surface area contributed by atoms with Gasteiger partial charge in [0.2, 0.25) is 0 Å². The molecule has 0 aromatic heterocycles. The maximum absolute atomic E-state index is 9.47. The lowest BCUT2D eigenvalue weighted by Gasteiger charge is -2.14. The molecule has 1 nitrogen and oxygen atoms in total. The third-order valence-corrected chi connectivity index (χ3v) is 2.23. The highest BCUT2D eigenvalue weighted by atomic mass is 16.3. The van der Waals surface area contributed by atoms with Crippen molar-refractivity contribution in [3.8, 4) is 0 Å². The van der Waals surface area contributed by atoms with Gasteiger partial charge in [0.05, 0.1) is 6.10 Å². The summed E-state index contributed by atoms with van der Waals surface area (Å²) in [4.78, 5) is 0. The van der Waals surface area contributed by atoms with E-state index < -0.39 is 6.10 Å². The van der Waals surface area contributed by atoms with Crippen molar-refractivity contribution < 1.29 is 5.11 Å². The summed E-state index contributed by atoms with van der Waals surface area (Å²) in [6, 6.07) is 10.2. The van der Waals surface area contributed by atoms with Crippen molar-refractivity contribution in [1.82, 2.24) is 0 Å². The lowest BCUT2D eigenvalue weighted by molar-refractivity contribution is 0.162. The Morgan fingerprint density at radius 2 is 2.00 bits per heavy atom. The normalized spacial score (nSPS) is 14.9. The Morgan fingerprint density at radius 1 is 1.38 bits per heavy atom. The first-order valence-electron chi connectivity index (χ1n) is 4.58. The van der Waals surface area contributed by atoms with Gasteiger partial charge in [-0.1, -0.05) is 43.3 Å². The lowest BCUT2D eigenvalue weighted by Crippen LogP contribution is -2.16. The number of aliphatic hydroxyl groups is 1. The fourth-order valence-corrected chi connectivity index (χ4v) is 1.34. The smallest absolute Gasteiger partial charge is 0.0746 e. The highest BCUT2D eigenvalue weighted by Gasteiger charge is 2.10. The zero-order valence-corrected chi connectivity index (χ0v) is 7.98. The third kappa shape index (κ3) is 3.03. The van der Waals surface area contributed by atoms with E-state index >= 15 is 0 Å². The molecule has 0 aliphatic carbocycles. The molecule has 1 aromatic rings. The molecule has 1 rings (SSSR count). The Hall–Kier alpha value is -1.08. The molecule has 0 aliphatic heterocycles. The summed E-state index contributed by atoms with van der Waals surface area (Å²) in [6.07, 6.45) is 2.09. The van der Waals surface area contributed by atoms with Crippen molar-refractivity contribution in [2.45, 2.75) is 19.4 Å². The molecule has 0 aliphatic rings. The highest BCUT2D eigenvalue weighted by Crippen LogP contribution is 2.12. The zero-order valence-electron chi connectivity index (χ0n) is 7.98. The van der Waals surface area contributed by atoms with Crippen LogP contribution in [0.5, 0.6) is 0 Å². The van der Waals surface area contributed by atoms with Crippen LogP contribution in [0.3, 0.4) is 0 Å². The van der Waals surface area contributed by atoms with E-state index in [4.69, 9.17) is 0 Å². The first-order chi connectivity index (χ1) is 6.24. The van der Waals surface area contributed by atoms with E-state index in [0.29, 0.717) is 0 Å². The van der Waals surface area contributed by atoms with Crippen LogP contribution in [-0.4, -0.2) is 11.2 Å². The van der Waals surface area contributed by atoms with Gasteiger partial charge in [-0.2, -0.15) is 0 Å². The first kappa shape index (κ1) is 10.0. The number of hydrogen-bond acceptors (Lipinski definition) is 1. The lowest BCUT2D eigenvalue weighted by atomic mass is 9.96. The van der Waals surface area contributed by atoms with E-state index in [9.17, 15) is 5.11 Å². The monoisotopic (exact) mass is 176 g/mol. The third-order valence-electron chi connectivity index (χ3n) is 2.23. The Labute approximate surface area is 79.7 Å². The fraction of sp³-hybridized carbons (Fsp3) is 0.333.